The molecule has 0 radical (unpaired) electrons. The molecule has 2 aliphatic rings. The van der Waals surface area contributed by atoms with Crippen molar-refractivity contribution in [3.05, 3.63) is 309 Å². The molecule has 0 bridgehead atoms. The molecule has 0 unspecified atom stereocenters. The van der Waals surface area contributed by atoms with Gasteiger partial charge < -0.3 is 9.80 Å². The standard InChI is InChI=1S/C78H51BN4/c1-7-23-52(24-8-1)60-39-61(53-25-9-2-10-26-53)42-64(41-60)71-51-72(65-43-62(54-27-11-3-12-28-54)40-63(44-65)55-29-13-4-14-30-55)81-78(80-71)66-49-75-77-76(50-66)83(68-37-17-6-18-38-68)74-48-59-34-22-20-32-57(59)46-70(74)79(77)69-45-56-31-19-21-33-58(56)47-73(69)82(75)67-35-15-5-16-36-67/h1-51H. The van der Waals surface area contributed by atoms with Gasteiger partial charge in [-0.25, -0.2) is 9.97 Å². The van der Waals surface area contributed by atoms with Gasteiger partial charge in [0.25, 0.3) is 6.71 Å². The minimum Gasteiger partial charge on any atom is -0.311 e. The summed E-state index contributed by atoms with van der Waals surface area (Å²) in [6, 6.07) is 113. The number of hydrogen-bond acceptors (Lipinski definition) is 4. The molecule has 3 heterocycles. The molecule has 0 amide bonds. The number of para-hydroxylation sites is 2. The normalized spacial score (nSPS) is 12.3. The second-order valence-electron chi connectivity index (χ2n) is 21.7. The number of rotatable bonds is 9. The molecule has 0 fully saturated rings. The van der Waals surface area contributed by atoms with E-state index in [-0.39, 0.29) is 6.71 Å². The molecule has 0 saturated heterocycles. The van der Waals surface area contributed by atoms with Crippen LogP contribution in [0.25, 0.3) is 100.0 Å². The number of anilines is 6. The average Bonchev–Trinajstić information content (AvgIpc) is 3.29. The van der Waals surface area contributed by atoms with Gasteiger partial charge in [0, 0.05) is 50.8 Å². The van der Waals surface area contributed by atoms with Crippen molar-refractivity contribution in [3.63, 3.8) is 0 Å². The Kier molecular flexibility index (Phi) is 11.6. The Morgan fingerprint density at radius 2 is 0.530 bits per heavy atom. The Bertz CT molecular complexity index is 4370. The van der Waals surface area contributed by atoms with Gasteiger partial charge in [-0.2, -0.15) is 0 Å². The third-order valence-corrected chi connectivity index (χ3v) is 16.7. The molecule has 14 aromatic rings. The highest BCUT2D eigenvalue weighted by Gasteiger charge is 2.44. The van der Waals surface area contributed by atoms with Crippen LogP contribution >= 0.6 is 0 Å². The van der Waals surface area contributed by atoms with Crippen LogP contribution in [0.4, 0.5) is 34.1 Å². The van der Waals surface area contributed by atoms with E-state index >= 15 is 0 Å². The highest BCUT2D eigenvalue weighted by molar-refractivity contribution is 7.00. The van der Waals surface area contributed by atoms with E-state index in [0.717, 1.165) is 107 Å². The molecule has 0 spiro atoms. The minimum atomic E-state index is -0.106. The van der Waals surface area contributed by atoms with E-state index in [4.69, 9.17) is 9.97 Å². The van der Waals surface area contributed by atoms with Gasteiger partial charge in [0.2, 0.25) is 0 Å². The van der Waals surface area contributed by atoms with E-state index in [0.29, 0.717) is 5.82 Å². The van der Waals surface area contributed by atoms with E-state index in [1.165, 1.54) is 37.9 Å². The van der Waals surface area contributed by atoms with E-state index in [1.807, 2.05) is 0 Å². The van der Waals surface area contributed by atoms with Gasteiger partial charge in [0.15, 0.2) is 5.82 Å². The van der Waals surface area contributed by atoms with Crippen molar-refractivity contribution in [1.82, 2.24) is 9.97 Å². The van der Waals surface area contributed by atoms with Crippen LogP contribution in [0.1, 0.15) is 0 Å². The van der Waals surface area contributed by atoms with Gasteiger partial charge in [-0.3, -0.25) is 0 Å². The highest BCUT2D eigenvalue weighted by Crippen LogP contribution is 2.48. The summed E-state index contributed by atoms with van der Waals surface area (Å²) in [6.07, 6.45) is 0. The van der Waals surface area contributed by atoms with Crippen molar-refractivity contribution in [2.24, 2.45) is 0 Å². The third-order valence-electron chi connectivity index (χ3n) is 16.7. The van der Waals surface area contributed by atoms with Gasteiger partial charge in [-0.05, 0) is 173 Å². The van der Waals surface area contributed by atoms with Gasteiger partial charge in [0.1, 0.15) is 0 Å². The number of benzene rings is 13. The lowest BCUT2D eigenvalue weighted by atomic mass is 9.33. The van der Waals surface area contributed by atoms with Gasteiger partial charge >= 0.3 is 0 Å². The molecule has 0 atom stereocenters. The summed E-state index contributed by atoms with van der Waals surface area (Å²) in [5, 5.41) is 4.80. The topological polar surface area (TPSA) is 32.3 Å². The molecule has 5 heteroatoms. The largest absolute Gasteiger partial charge is 0.311 e. The first-order valence-electron chi connectivity index (χ1n) is 28.5. The Morgan fingerprint density at radius 3 is 0.880 bits per heavy atom. The number of fused-ring (bicyclic) bond motifs is 6. The van der Waals surface area contributed by atoms with E-state index in [1.54, 1.807) is 0 Å². The molecular weight excluding hydrogens is 1000 g/mol. The highest BCUT2D eigenvalue weighted by atomic mass is 15.2. The summed E-state index contributed by atoms with van der Waals surface area (Å²) in [5.41, 5.74) is 23.9. The van der Waals surface area contributed by atoms with Crippen LogP contribution in [-0.2, 0) is 0 Å². The molecular formula is C78H51BN4. The van der Waals surface area contributed by atoms with Crippen molar-refractivity contribution in [2.75, 3.05) is 9.80 Å². The molecule has 4 nitrogen and oxygen atoms in total. The van der Waals surface area contributed by atoms with Gasteiger partial charge in [-0.15, -0.1) is 0 Å². The van der Waals surface area contributed by atoms with Crippen molar-refractivity contribution < 1.29 is 0 Å². The molecule has 16 rings (SSSR count). The summed E-state index contributed by atoms with van der Waals surface area (Å²) >= 11 is 0. The van der Waals surface area contributed by atoms with Crippen LogP contribution < -0.4 is 26.2 Å². The molecule has 0 N–H and O–H groups in total. The third kappa shape index (κ3) is 8.57. The SMILES string of the molecule is c1ccc(-c2cc(-c3ccccc3)cc(-c3cc(-c4cc(-c5ccccc5)cc(-c5ccccc5)c4)nc(-c4cc5c6c(c4)N(c4ccccc4)c4cc7ccccc7cc4B6c4cc6ccccc6cc4N5c4ccccc4)n3)c2)cc1. The molecule has 2 aliphatic heterocycles. The quantitative estimate of drug-likeness (QED) is 0.135. The van der Waals surface area contributed by atoms with Crippen LogP contribution in [0.5, 0.6) is 0 Å². The first kappa shape index (κ1) is 48.1. The molecule has 386 valence electrons. The number of hydrogen-bond donors (Lipinski definition) is 0. The first-order valence-corrected chi connectivity index (χ1v) is 28.5. The second-order valence-corrected chi connectivity index (χ2v) is 21.7. The van der Waals surface area contributed by atoms with Crippen LogP contribution in [0.15, 0.2) is 309 Å². The monoisotopic (exact) mass is 1050 g/mol. The maximum atomic E-state index is 5.81. The summed E-state index contributed by atoms with van der Waals surface area (Å²) in [5.74, 6) is 0.625. The fourth-order valence-corrected chi connectivity index (χ4v) is 12.8. The average molecular weight is 1060 g/mol. The van der Waals surface area contributed by atoms with E-state index < -0.39 is 0 Å². The Morgan fingerprint density at radius 1 is 0.229 bits per heavy atom. The molecule has 0 aliphatic carbocycles. The Labute approximate surface area is 483 Å². The maximum Gasteiger partial charge on any atom is 0.252 e. The number of nitrogens with zero attached hydrogens (tertiary/aromatic N) is 4. The number of aromatic nitrogens is 2. The van der Waals surface area contributed by atoms with E-state index in [9.17, 15) is 0 Å². The van der Waals surface area contributed by atoms with Gasteiger partial charge in [0.05, 0.1) is 11.4 Å². The maximum absolute atomic E-state index is 5.81. The zero-order valence-electron chi connectivity index (χ0n) is 45.3. The van der Waals surface area contributed by atoms with Crippen LogP contribution in [-0.4, -0.2) is 16.7 Å². The smallest absolute Gasteiger partial charge is 0.252 e. The minimum absolute atomic E-state index is 0.106. The predicted molar refractivity (Wildman–Crippen MR) is 349 cm³/mol. The Hall–Kier alpha value is -10.9. The lowest BCUT2D eigenvalue weighted by molar-refractivity contribution is 1.18. The van der Waals surface area contributed by atoms with Gasteiger partial charge in [-0.1, -0.05) is 218 Å². The summed E-state index contributed by atoms with van der Waals surface area (Å²) in [7, 11) is 0. The fraction of sp³-hybridized carbons (Fsp3) is 0. The Balaban J connectivity index is 1.01. The zero-order chi connectivity index (χ0) is 54.8. The molecule has 0 saturated carbocycles. The molecule has 83 heavy (non-hydrogen) atoms. The van der Waals surface area contributed by atoms with Crippen molar-refractivity contribution >= 4 is 78.8 Å². The van der Waals surface area contributed by atoms with Crippen molar-refractivity contribution in [3.8, 4) is 78.4 Å². The van der Waals surface area contributed by atoms with Crippen LogP contribution in [0, 0.1) is 0 Å². The van der Waals surface area contributed by atoms with Crippen LogP contribution in [0.2, 0.25) is 0 Å². The van der Waals surface area contributed by atoms with E-state index in [2.05, 4.69) is 319 Å². The summed E-state index contributed by atoms with van der Waals surface area (Å²) in [6.45, 7) is -0.106. The van der Waals surface area contributed by atoms with Crippen LogP contribution in [0.3, 0.4) is 0 Å². The summed E-state index contributed by atoms with van der Waals surface area (Å²) in [4.78, 5) is 16.6. The second kappa shape index (κ2) is 20.0. The fourth-order valence-electron chi connectivity index (χ4n) is 12.8. The lowest BCUT2D eigenvalue weighted by Crippen LogP contribution is -2.61. The summed E-state index contributed by atoms with van der Waals surface area (Å²) < 4.78 is 0. The molecule has 1 aromatic heterocycles. The predicted octanol–water partition coefficient (Wildman–Crippen LogP) is 18.5. The first-order chi connectivity index (χ1) is 41.1. The molecule has 13 aromatic carbocycles. The van der Waals surface area contributed by atoms with Crippen molar-refractivity contribution in [1.29, 1.82) is 0 Å². The lowest BCUT2D eigenvalue weighted by Gasteiger charge is -2.44. The van der Waals surface area contributed by atoms with Crippen molar-refractivity contribution in [2.45, 2.75) is 0 Å². The zero-order valence-corrected chi connectivity index (χ0v) is 45.3.